The maximum Gasteiger partial charge on any atom is 0.414 e. The van der Waals surface area contributed by atoms with Gasteiger partial charge < -0.3 is 4.74 Å². The number of hydrogen-bond acceptors (Lipinski definition) is 3. The van der Waals surface area contributed by atoms with Crippen LogP contribution in [0.1, 0.15) is 16.7 Å². The normalized spacial score (nSPS) is 16.6. The largest absolute Gasteiger partial charge is 0.447 e. The maximum atomic E-state index is 11.7. The molecule has 0 bridgehead atoms. The molecule has 4 nitrogen and oxygen atoms in total. The van der Waals surface area contributed by atoms with Crippen LogP contribution in [0.15, 0.2) is 59.6 Å². The minimum Gasteiger partial charge on any atom is -0.447 e. The molecule has 0 spiro atoms. The van der Waals surface area contributed by atoms with Gasteiger partial charge in [0.05, 0.1) is 18.8 Å². The number of ether oxygens (including phenoxy) is 1. The molecule has 4 rings (SSSR count). The molecule has 2 aromatic carbocycles. The second-order valence-corrected chi connectivity index (χ2v) is 5.55. The topological polar surface area (TPSA) is 41.9 Å². The van der Waals surface area contributed by atoms with Gasteiger partial charge in [-0.3, -0.25) is 9.89 Å². The summed E-state index contributed by atoms with van der Waals surface area (Å²) in [7, 11) is 0. The Morgan fingerprint density at radius 3 is 2.74 bits per heavy atom. The molecule has 1 amide bonds. The van der Waals surface area contributed by atoms with Crippen LogP contribution in [0.4, 0.5) is 10.5 Å². The lowest BCUT2D eigenvalue weighted by molar-refractivity contribution is 0.181. The predicted octanol–water partition coefficient (Wildman–Crippen LogP) is 3.66. The van der Waals surface area contributed by atoms with E-state index in [-0.39, 0.29) is 6.09 Å². The molecule has 0 N–H and O–H groups in total. The Kier molecular flexibility index (Phi) is 3.42. The van der Waals surface area contributed by atoms with Gasteiger partial charge in [-0.25, -0.2) is 4.79 Å². The van der Waals surface area contributed by atoms with Gasteiger partial charge in [-0.2, -0.15) is 0 Å². The Balaban J connectivity index is 1.62. The average molecular weight is 304 g/mol. The Bertz CT molecular complexity index is 809. The van der Waals surface area contributed by atoms with Crippen LogP contribution in [0.3, 0.4) is 0 Å². The molecule has 0 radical (unpaired) electrons. The Morgan fingerprint density at radius 1 is 1.09 bits per heavy atom. The van der Waals surface area contributed by atoms with Gasteiger partial charge in [-0.1, -0.05) is 42.5 Å². The lowest BCUT2D eigenvalue weighted by atomic mass is 10.0. The van der Waals surface area contributed by atoms with Crippen molar-refractivity contribution in [3.05, 3.63) is 71.3 Å². The van der Waals surface area contributed by atoms with E-state index < -0.39 is 0 Å². The first-order valence-corrected chi connectivity index (χ1v) is 7.66. The fraction of sp³-hybridized carbons (Fsp3) is 0.158. The minimum absolute atomic E-state index is 0.277. The molecule has 0 unspecified atom stereocenters. The zero-order valence-electron chi connectivity index (χ0n) is 12.6. The van der Waals surface area contributed by atoms with E-state index in [1.54, 1.807) is 4.90 Å². The van der Waals surface area contributed by atoms with Crippen molar-refractivity contribution in [2.75, 3.05) is 18.1 Å². The van der Waals surface area contributed by atoms with Crippen LogP contribution in [0.2, 0.25) is 0 Å². The molecule has 2 aliphatic rings. The van der Waals surface area contributed by atoms with E-state index in [1.165, 1.54) is 5.56 Å². The highest BCUT2D eigenvalue weighted by atomic mass is 16.6. The molecule has 114 valence electrons. The summed E-state index contributed by atoms with van der Waals surface area (Å²) in [5.74, 6) is 0. The number of carbonyl (C=O) groups excluding carboxylic acids is 1. The third-order valence-electron chi connectivity index (χ3n) is 4.09. The molecular weight excluding hydrogens is 288 g/mol. The maximum absolute atomic E-state index is 11.7. The third kappa shape index (κ3) is 2.63. The summed E-state index contributed by atoms with van der Waals surface area (Å²) in [6, 6.07) is 16.2. The summed E-state index contributed by atoms with van der Waals surface area (Å²) in [5.41, 5.74) is 5.25. The lowest BCUT2D eigenvalue weighted by Gasteiger charge is -2.14. The van der Waals surface area contributed by atoms with E-state index in [0.29, 0.717) is 19.7 Å². The first-order valence-electron chi connectivity index (χ1n) is 7.66. The van der Waals surface area contributed by atoms with Crippen LogP contribution < -0.4 is 4.90 Å². The number of fused-ring (bicyclic) bond motifs is 1. The van der Waals surface area contributed by atoms with Gasteiger partial charge in [0.25, 0.3) is 0 Å². The van der Waals surface area contributed by atoms with E-state index >= 15 is 0 Å². The summed E-state index contributed by atoms with van der Waals surface area (Å²) >= 11 is 0. The van der Waals surface area contributed by atoms with Crippen LogP contribution in [0.5, 0.6) is 0 Å². The number of allylic oxidation sites excluding steroid dienone is 1. The van der Waals surface area contributed by atoms with Crippen molar-refractivity contribution >= 4 is 23.6 Å². The average Bonchev–Trinajstić information content (AvgIpc) is 3.19. The van der Waals surface area contributed by atoms with E-state index in [0.717, 1.165) is 22.5 Å². The minimum atomic E-state index is -0.277. The molecule has 0 aromatic heterocycles. The molecule has 0 atom stereocenters. The van der Waals surface area contributed by atoms with Crippen LogP contribution in [-0.2, 0) is 11.3 Å². The summed E-state index contributed by atoms with van der Waals surface area (Å²) in [5, 5.41) is 0. The molecule has 0 saturated carbocycles. The van der Waals surface area contributed by atoms with E-state index in [1.807, 2.05) is 42.5 Å². The van der Waals surface area contributed by atoms with E-state index in [9.17, 15) is 4.79 Å². The number of amides is 1. The standard InChI is InChI=1S/C19H16N2O2/c22-19-21(10-11-23-19)16-8-7-15-13-20-18(17(15)12-16)9-6-14-4-2-1-3-5-14/h1-9,12H,10-11,13H2/b9-6+. The van der Waals surface area contributed by atoms with Crippen molar-refractivity contribution < 1.29 is 9.53 Å². The van der Waals surface area contributed by atoms with E-state index in [2.05, 4.69) is 23.2 Å². The first-order chi connectivity index (χ1) is 11.3. The third-order valence-corrected chi connectivity index (χ3v) is 4.09. The zero-order valence-corrected chi connectivity index (χ0v) is 12.6. The SMILES string of the molecule is O=C1OCCN1c1ccc2c(c1)C(/C=C/c1ccccc1)=NC2. The van der Waals surface area contributed by atoms with Crippen molar-refractivity contribution in [3.63, 3.8) is 0 Å². The monoisotopic (exact) mass is 304 g/mol. The smallest absolute Gasteiger partial charge is 0.414 e. The predicted molar refractivity (Wildman–Crippen MR) is 90.9 cm³/mol. The van der Waals surface area contributed by atoms with Gasteiger partial charge >= 0.3 is 6.09 Å². The molecule has 2 heterocycles. The van der Waals surface area contributed by atoms with Crippen LogP contribution in [0, 0.1) is 0 Å². The van der Waals surface area contributed by atoms with Crippen molar-refractivity contribution in [1.82, 2.24) is 0 Å². The molecule has 1 saturated heterocycles. The lowest BCUT2D eigenvalue weighted by Crippen LogP contribution is -2.23. The summed E-state index contributed by atoms with van der Waals surface area (Å²) < 4.78 is 5.01. The highest BCUT2D eigenvalue weighted by Gasteiger charge is 2.25. The molecule has 0 aliphatic carbocycles. The number of cyclic esters (lactones) is 1. The van der Waals surface area contributed by atoms with Gasteiger partial charge in [-0.05, 0) is 29.3 Å². The van der Waals surface area contributed by atoms with Gasteiger partial charge in [0, 0.05) is 11.3 Å². The van der Waals surface area contributed by atoms with E-state index in [4.69, 9.17) is 4.74 Å². The second-order valence-electron chi connectivity index (χ2n) is 5.55. The highest BCUT2D eigenvalue weighted by Crippen LogP contribution is 2.27. The van der Waals surface area contributed by atoms with Gasteiger partial charge in [-0.15, -0.1) is 0 Å². The van der Waals surface area contributed by atoms with Crippen LogP contribution >= 0.6 is 0 Å². The Hall–Kier alpha value is -2.88. The van der Waals surface area contributed by atoms with Crippen molar-refractivity contribution in [3.8, 4) is 0 Å². The van der Waals surface area contributed by atoms with Crippen molar-refractivity contribution in [2.45, 2.75) is 6.54 Å². The molecule has 23 heavy (non-hydrogen) atoms. The molecule has 1 fully saturated rings. The highest BCUT2D eigenvalue weighted by molar-refractivity contribution is 6.13. The molecule has 4 heteroatoms. The molecular formula is C19H16N2O2. The number of nitrogens with zero attached hydrogens (tertiary/aromatic N) is 2. The number of hydrogen-bond donors (Lipinski definition) is 0. The summed E-state index contributed by atoms with van der Waals surface area (Å²) in [4.78, 5) is 18.0. The van der Waals surface area contributed by atoms with Gasteiger partial charge in [0.2, 0.25) is 0 Å². The Labute approximate surface area is 134 Å². The van der Waals surface area contributed by atoms with Gasteiger partial charge in [0.1, 0.15) is 6.61 Å². The van der Waals surface area contributed by atoms with Crippen LogP contribution in [0.25, 0.3) is 6.08 Å². The summed E-state index contributed by atoms with van der Waals surface area (Å²) in [6.45, 7) is 1.74. The number of rotatable bonds is 3. The first kappa shape index (κ1) is 13.8. The Morgan fingerprint density at radius 2 is 1.96 bits per heavy atom. The fourth-order valence-electron chi connectivity index (χ4n) is 2.87. The zero-order chi connectivity index (χ0) is 15.6. The number of benzene rings is 2. The van der Waals surface area contributed by atoms with Crippen molar-refractivity contribution in [1.29, 1.82) is 0 Å². The van der Waals surface area contributed by atoms with Crippen LogP contribution in [-0.4, -0.2) is 25.0 Å². The molecule has 2 aliphatic heterocycles. The molecule has 2 aromatic rings. The van der Waals surface area contributed by atoms with Gasteiger partial charge in [0.15, 0.2) is 0 Å². The quantitative estimate of drug-likeness (QED) is 0.868. The number of carbonyl (C=O) groups is 1. The fourth-order valence-corrected chi connectivity index (χ4v) is 2.87. The second kappa shape index (κ2) is 5.72. The number of aliphatic imine (C=N–C) groups is 1. The summed E-state index contributed by atoms with van der Waals surface area (Å²) in [6.07, 6.45) is 3.82. The van der Waals surface area contributed by atoms with Crippen molar-refractivity contribution in [2.24, 2.45) is 4.99 Å². The number of anilines is 1.